The van der Waals surface area contributed by atoms with Crippen LogP contribution in [0.3, 0.4) is 0 Å². The average molecular weight is 281 g/mol. The van der Waals surface area contributed by atoms with Gasteiger partial charge in [-0.05, 0) is 24.5 Å². The summed E-state index contributed by atoms with van der Waals surface area (Å²) >= 11 is 0. The van der Waals surface area contributed by atoms with Gasteiger partial charge in [0.1, 0.15) is 0 Å². The minimum atomic E-state index is -0.861. The molecule has 1 heterocycles. The molecule has 1 fully saturated rings. The lowest BCUT2D eigenvalue weighted by Crippen LogP contribution is -2.35. The van der Waals surface area contributed by atoms with E-state index in [-0.39, 0.29) is 12.5 Å². The number of likely N-dealkylation sites (tertiary alicyclic amines) is 1. The Morgan fingerprint density at radius 1 is 1.40 bits per heavy atom. The van der Waals surface area contributed by atoms with E-state index in [1.54, 1.807) is 4.90 Å². The highest BCUT2D eigenvalue weighted by Crippen LogP contribution is 2.17. The Balaban J connectivity index is 1.83. The Hall–Kier alpha value is -2.02. The summed E-state index contributed by atoms with van der Waals surface area (Å²) in [6, 6.07) is 3.73. The van der Waals surface area contributed by atoms with E-state index in [9.17, 15) is 19.3 Å². The number of nitro benzene ring substituents is 1. The third kappa shape index (κ3) is 3.51. The largest absolute Gasteiger partial charge is 0.342 e. The second-order valence-electron chi connectivity index (χ2n) is 4.73. The number of amides is 1. The van der Waals surface area contributed by atoms with E-state index in [0.717, 1.165) is 38.1 Å². The van der Waals surface area contributed by atoms with Crippen LogP contribution in [0.25, 0.3) is 0 Å². The van der Waals surface area contributed by atoms with Crippen molar-refractivity contribution in [1.29, 1.82) is 0 Å². The first-order chi connectivity index (χ1) is 9.58. The summed E-state index contributed by atoms with van der Waals surface area (Å²) in [5.41, 5.74) is 0.0317. The van der Waals surface area contributed by atoms with Crippen molar-refractivity contribution in [3.63, 3.8) is 0 Å². The number of halogens is 1. The van der Waals surface area contributed by atoms with Gasteiger partial charge in [-0.3, -0.25) is 14.9 Å². The number of carbonyl (C=O) groups is 1. The maximum Gasteiger partial charge on any atom is 0.304 e. The van der Waals surface area contributed by atoms with Crippen molar-refractivity contribution in [2.45, 2.75) is 19.4 Å². The van der Waals surface area contributed by atoms with Crippen LogP contribution in [0, 0.1) is 15.9 Å². The summed E-state index contributed by atoms with van der Waals surface area (Å²) in [5, 5.41) is 13.4. The molecule has 0 spiro atoms. The van der Waals surface area contributed by atoms with E-state index in [0.29, 0.717) is 12.1 Å². The van der Waals surface area contributed by atoms with Crippen molar-refractivity contribution < 1.29 is 14.1 Å². The number of rotatable bonds is 5. The van der Waals surface area contributed by atoms with Crippen LogP contribution >= 0.6 is 0 Å². The van der Waals surface area contributed by atoms with E-state index in [1.807, 2.05) is 0 Å². The zero-order chi connectivity index (χ0) is 14.5. The summed E-state index contributed by atoms with van der Waals surface area (Å²) in [5.74, 6) is -0.829. The Bertz CT molecular complexity index is 516. The zero-order valence-corrected chi connectivity index (χ0v) is 11.0. The van der Waals surface area contributed by atoms with Gasteiger partial charge >= 0.3 is 5.69 Å². The van der Waals surface area contributed by atoms with Gasteiger partial charge in [0.2, 0.25) is 11.7 Å². The third-order valence-corrected chi connectivity index (χ3v) is 3.27. The van der Waals surface area contributed by atoms with Gasteiger partial charge in [-0.25, -0.2) is 0 Å². The minimum absolute atomic E-state index is 0.0323. The smallest absolute Gasteiger partial charge is 0.304 e. The van der Waals surface area contributed by atoms with Gasteiger partial charge in [0.15, 0.2) is 0 Å². The predicted octanol–water partition coefficient (Wildman–Crippen LogP) is 1.45. The SMILES string of the molecule is O=C(CNCc1ccc([N+](=O)[O-])c(F)c1)N1CCCC1. The number of benzene rings is 1. The molecule has 0 aromatic heterocycles. The topological polar surface area (TPSA) is 75.5 Å². The summed E-state index contributed by atoms with van der Waals surface area (Å²) in [6.45, 7) is 2.09. The number of hydrogen-bond acceptors (Lipinski definition) is 4. The van der Waals surface area contributed by atoms with Gasteiger partial charge in [0.25, 0.3) is 0 Å². The number of nitrogens with one attached hydrogen (secondary N) is 1. The van der Waals surface area contributed by atoms with E-state index >= 15 is 0 Å². The first-order valence-corrected chi connectivity index (χ1v) is 6.49. The number of nitro groups is 1. The summed E-state index contributed by atoms with van der Waals surface area (Å²) in [7, 11) is 0. The molecule has 108 valence electrons. The number of carbonyl (C=O) groups excluding carboxylic acids is 1. The van der Waals surface area contributed by atoms with Crippen molar-refractivity contribution in [2.75, 3.05) is 19.6 Å². The molecule has 1 aliphatic rings. The fourth-order valence-electron chi connectivity index (χ4n) is 2.20. The third-order valence-electron chi connectivity index (χ3n) is 3.27. The summed E-state index contributed by atoms with van der Waals surface area (Å²) < 4.78 is 13.4. The second-order valence-corrected chi connectivity index (χ2v) is 4.73. The van der Waals surface area contributed by atoms with Crippen LogP contribution in [-0.2, 0) is 11.3 Å². The Morgan fingerprint density at radius 3 is 2.70 bits per heavy atom. The number of hydrogen-bond donors (Lipinski definition) is 1. The lowest BCUT2D eigenvalue weighted by Gasteiger charge is -2.15. The number of nitrogens with zero attached hydrogens (tertiary/aromatic N) is 2. The van der Waals surface area contributed by atoms with Gasteiger partial charge in [-0.15, -0.1) is 0 Å². The van der Waals surface area contributed by atoms with Crippen molar-refractivity contribution in [3.8, 4) is 0 Å². The van der Waals surface area contributed by atoms with E-state index in [1.165, 1.54) is 6.07 Å². The van der Waals surface area contributed by atoms with Crippen LogP contribution in [0.4, 0.5) is 10.1 Å². The molecule has 1 aliphatic heterocycles. The molecule has 0 bridgehead atoms. The van der Waals surface area contributed by atoms with E-state index < -0.39 is 16.4 Å². The van der Waals surface area contributed by atoms with Crippen LogP contribution in [0.1, 0.15) is 18.4 Å². The summed E-state index contributed by atoms with van der Waals surface area (Å²) in [4.78, 5) is 23.3. The molecule has 7 heteroatoms. The van der Waals surface area contributed by atoms with E-state index in [4.69, 9.17) is 0 Å². The molecular formula is C13H16FN3O3. The minimum Gasteiger partial charge on any atom is -0.342 e. The van der Waals surface area contributed by atoms with Gasteiger partial charge in [-0.1, -0.05) is 6.07 Å². The molecule has 0 radical (unpaired) electrons. The fourth-order valence-corrected chi connectivity index (χ4v) is 2.20. The lowest BCUT2D eigenvalue weighted by molar-refractivity contribution is -0.387. The highest BCUT2D eigenvalue weighted by atomic mass is 19.1. The standard InChI is InChI=1S/C13H16FN3O3/c14-11-7-10(3-4-12(11)17(19)20)8-15-9-13(18)16-5-1-2-6-16/h3-4,7,15H,1-2,5-6,8-9H2. The van der Waals surface area contributed by atoms with Crippen LogP contribution < -0.4 is 5.32 Å². The molecule has 1 aromatic rings. The molecule has 1 saturated heterocycles. The average Bonchev–Trinajstić information content (AvgIpc) is 2.92. The molecule has 0 atom stereocenters. The van der Waals surface area contributed by atoms with Crippen molar-refractivity contribution in [2.24, 2.45) is 0 Å². The Morgan fingerprint density at radius 2 is 2.10 bits per heavy atom. The molecule has 6 nitrogen and oxygen atoms in total. The Labute approximate surface area is 115 Å². The molecule has 0 unspecified atom stereocenters. The Kier molecular flexibility index (Phi) is 4.62. The first kappa shape index (κ1) is 14.4. The fraction of sp³-hybridized carbons (Fsp3) is 0.462. The normalized spacial score (nSPS) is 14.6. The molecule has 1 amide bonds. The van der Waals surface area contributed by atoms with Gasteiger partial charge in [0, 0.05) is 25.7 Å². The van der Waals surface area contributed by atoms with Crippen molar-refractivity contribution in [1.82, 2.24) is 10.2 Å². The van der Waals surface area contributed by atoms with Gasteiger partial charge in [0.05, 0.1) is 11.5 Å². The second kappa shape index (κ2) is 6.42. The molecule has 2 rings (SSSR count). The maximum absolute atomic E-state index is 13.4. The van der Waals surface area contributed by atoms with E-state index in [2.05, 4.69) is 5.32 Å². The highest BCUT2D eigenvalue weighted by Gasteiger charge is 2.17. The lowest BCUT2D eigenvalue weighted by atomic mass is 10.2. The van der Waals surface area contributed by atoms with Crippen LogP contribution in [-0.4, -0.2) is 35.4 Å². The molecule has 1 N–H and O–H groups in total. The molecule has 0 saturated carbocycles. The first-order valence-electron chi connectivity index (χ1n) is 6.49. The monoisotopic (exact) mass is 281 g/mol. The van der Waals surface area contributed by atoms with Crippen molar-refractivity contribution in [3.05, 3.63) is 39.7 Å². The predicted molar refractivity (Wildman–Crippen MR) is 70.6 cm³/mol. The highest BCUT2D eigenvalue weighted by molar-refractivity contribution is 5.78. The molecule has 20 heavy (non-hydrogen) atoms. The quantitative estimate of drug-likeness (QED) is 0.654. The van der Waals surface area contributed by atoms with Gasteiger partial charge < -0.3 is 10.2 Å². The zero-order valence-electron chi connectivity index (χ0n) is 11.0. The van der Waals surface area contributed by atoms with Crippen LogP contribution in [0.2, 0.25) is 0 Å². The molecule has 0 aliphatic carbocycles. The van der Waals surface area contributed by atoms with Gasteiger partial charge in [-0.2, -0.15) is 4.39 Å². The van der Waals surface area contributed by atoms with Crippen molar-refractivity contribution >= 4 is 11.6 Å². The molecular weight excluding hydrogens is 265 g/mol. The summed E-state index contributed by atoms with van der Waals surface area (Å²) in [6.07, 6.45) is 2.08. The molecule has 1 aromatic carbocycles. The van der Waals surface area contributed by atoms with Crippen LogP contribution in [0.5, 0.6) is 0 Å². The van der Waals surface area contributed by atoms with Crippen LogP contribution in [0.15, 0.2) is 18.2 Å². The maximum atomic E-state index is 13.4.